The molecule has 7 aromatic rings. The van der Waals surface area contributed by atoms with Gasteiger partial charge in [0.1, 0.15) is 11.5 Å². The third kappa shape index (κ3) is 5.80. The molecule has 0 aliphatic rings. The summed E-state index contributed by atoms with van der Waals surface area (Å²) in [6.07, 6.45) is 0. The summed E-state index contributed by atoms with van der Waals surface area (Å²) >= 11 is 5.56. The van der Waals surface area contributed by atoms with Crippen LogP contribution in [-0.4, -0.2) is 14.2 Å². The van der Waals surface area contributed by atoms with Crippen molar-refractivity contribution in [2.45, 2.75) is 0 Å². The van der Waals surface area contributed by atoms with Crippen molar-refractivity contribution >= 4 is 34.0 Å². The van der Waals surface area contributed by atoms with Crippen LogP contribution in [0, 0.1) is 0 Å². The molecule has 3 heterocycles. The highest BCUT2D eigenvalue weighted by Crippen LogP contribution is 2.43. The maximum atomic E-state index is 5.29. The number of thiophene rings is 3. The van der Waals surface area contributed by atoms with Crippen LogP contribution in [-0.2, 0) is 0 Å². The van der Waals surface area contributed by atoms with E-state index in [1.165, 1.54) is 62.6 Å². The van der Waals surface area contributed by atoms with E-state index in [0.717, 1.165) is 11.5 Å². The number of rotatable bonds is 8. The predicted octanol–water partition coefficient (Wildman–Crippen LogP) is 11.9. The zero-order chi connectivity index (χ0) is 29.2. The topological polar surface area (TPSA) is 18.5 Å². The fraction of sp³-hybridized carbons (Fsp3) is 0.0526. The second-order valence-electron chi connectivity index (χ2n) is 10.1. The van der Waals surface area contributed by atoms with Gasteiger partial charge in [-0.05, 0) is 94.0 Å². The van der Waals surface area contributed by atoms with E-state index < -0.39 is 0 Å². The van der Waals surface area contributed by atoms with Crippen molar-refractivity contribution in [2.75, 3.05) is 14.2 Å². The van der Waals surface area contributed by atoms with Gasteiger partial charge in [0.25, 0.3) is 0 Å². The molecule has 0 aliphatic heterocycles. The highest BCUT2D eigenvalue weighted by molar-refractivity contribution is 7.27. The van der Waals surface area contributed by atoms with Gasteiger partial charge in [-0.1, -0.05) is 72.8 Å². The molecule has 0 unspecified atom stereocenters. The Balaban J connectivity index is 1.05. The number of methoxy groups -OCH3 is 2. The van der Waals surface area contributed by atoms with Crippen molar-refractivity contribution < 1.29 is 9.47 Å². The molecule has 0 aliphatic carbocycles. The van der Waals surface area contributed by atoms with Crippen LogP contribution in [0.1, 0.15) is 0 Å². The molecular weight excluding hydrogens is 585 g/mol. The maximum Gasteiger partial charge on any atom is 0.118 e. The second-order valence-corrected chi connectivity index (χ2v) is 13.4. The van der Waals surface area contributed by atoms with Gasteiger partial charge in [0, 0.05) is 29.3 Å². The number of hydrogen-bond donors (Lipinski definition) is 0. The van der Waals surface area contributed by atoms with Gasteiger partial charge in [0.15, 0.2) is 0 Å². The van der Waals surface area contributed by atoms with Crippen LogP contribution in [0.3, 0.4) is 0 Å². The van der Waals surface area contributed by atoms with Crippen LogP contribution in [0.25, 0.3) is 62.6 Å². The molecule has 2 nitrogen and oxygen atoms in total. The first kappa shape index (κ1) is 27.4. The summed E-state index contributed by atoms with van der Waals surface area (Å²) in [6.45, 7) is 0. The Labute approximate surface area is 264 Å². The normalized spacial score (nSPS) is 11.0. The minimum absolute atomic E-state index is 0.874. The van der Waals surface area contributed by atoms with E-state index >= 15 is 0 Å². The summed E-state index contributed by atoms with van der Waals surface area (Å²) in [4.78, 5) is 7.78. The zero-order valence-electron chi connectivity index (χ0n) is 23.7. The predicted molar refractivity (Wildman–Crippen MR) is 186 cm³/mol. The zero-order valence-corrected chi connectivity index (χ0v) is 26.2. The Morgan fingerprint density at radius 3 is 0.814 bits per heavy atom. The molecule has 0 saturated carbocycles. The van der Waals surface area contributed by atoms with Crippen molar-refractivity contribution in [1.29, 1.82) is 0 Å². The average molecular weight is 613 g/mol. The summed E-state index contributed by atoms with van der Waals surface area (Å²) in [7, 11) is 3.39. The highest BCUT2D eigenvalue weighted by atomic mass is 32.1. The fourth-order valence-electron chi connectivity index (χ4n) is 5.07. The van der Waals surface area contributed by atoms with Crippen LogP contribution in [0.4, 0.5) is 0 Å². The van der Waals surface area contributed by atoms with Crippen LogP contribution in [0.2, 0.25) is 0 Å². The SMILES string of the molecule is COc1ccc(-c2ccc(-c3ccc(-c4ccc(-c5ccc(-c6ccc(-c7ccc(OC)cc7)cc6)s5)s4)s3)cc2)cc1. The summed E-state index contributed by atoms with van der Waals surface area (Å²) in [5.74, 6) is 1.75. The van der Waals surface area contributed by atoms with Gasteiger partial charge >= 0.3 is 0 Å². The van der Waals surface area contributed by atoms with E-state index in [1.54, 1.807) is 14.2 Å². The van der Waals surface area contributed by atoms with Gasteiger partial charge in [-0.25, -0.2) is 0 Å². The highest BCUT2D eigenvalue weighted by Gasteiger charge is 2.12. The number of hydrogen-bond acceptors (Lipinski definition) is 5. The Hall–Kier alpha value is -4.42. The second kappa shape index (κ2) is 12.1. The van der Waals surface area contributed by atoms with E-state index in [-0.39, 0.29) is 0 Å². The molecule has 4 aromatic carbocycles. The largest absolute Gasteiger partial charge is 0.497 e. The smallest absolute Gasteiger partial charge is 0.118 e. The van der Waals surface area contributed by atoms with Gasteiger partial charge in [-0.2, -0.15) is 0 Å². The first-order valence-electron chi connectivity index (χ1n) is 14.0. The molecule has 0 N–H and O–H groups in total. The maximum absolute atomic E-state index is 5.29. The van der Waals surface area contributed by atoms with E-state index in [2.05, 4.69) is 109 Å². The Kier molecular flexibility index (Phi) is 7.69. The summed E-state index contributed by atoms with van der Waals surface area (Å²) in [5, 5.41) is 0. The van der Waals surface area contributed by atoms with E-state index in [4.69, 9.17) is 9.47 Å². The Bertz CT molecular complexity index is 1810. The molecule has 210 valence electrons. The lowest BCUT2D eigenvalue weighted by Gasteiger charge is -2.05. The van der Waals surface area contributed by atoms with Crippen LogP contribution in [0.5, 0.6) is 11.5 Å². The minimum atomic E-state index is 0.874. The summed E-state index contributed by atoms with van der Waals surface area (Å²) < 4.78 is 10.6. The lowest BCUT2D eigenvalue weighted by molar-refractivity contribution is 0.415. The van der Waals surface area contributed by atoms with Crippen molar-refractivity contribution in [3.8, 4) is 74.1 Å². The monoisotopic (exact) mass is 612 g/mol. The molecule has 43 heavy (non-hydrogen) atoms. The molecule has 3 aromatic heterocycles. The fourth-order valence-corrected chi connectivity index (χ4v) is 8.28. The van der Waals surface area contributed by atoms with Crippen molar-refractivity contribution in [1.82, 2.24) is 0 Å². The van der Waals surface area contributed by atoms with E-state index in [0.29, 0.717) is 0 Å². The van der Waals surface area contributed by atoms with Crippen molar-refractivity contribution in [3.63, 3.8) is 0 Å². The van der Waals surface area contributed by atoms with Crippen LogP contribution >= 0.6 is 34.0 Å². The molecule has 7 rings (SSSR count). The minimum Gasteiger partial charge on any atom is -0.497 e. The molecule has 0 fully saturated rings. The molecule has 0 amide bonds. The molecule has 0 radical (unpaired) electrons. The third-order valence-corrected chi connectivity index (χ3v) is 11.2. The van der Waals surface area contributed by atoms with Gasteiger partial charge in [0.05, 0.1) is 14.2 Å². The van der Waals surface area contributed by atoms with Crippen molar-refractivity contribution in [3.05, 3.63) is 133 Å². The van der Waals surface area contributed by atoms with Crippen LogP contribution in [0.15, 0.2) is 133 Å². The van der Waals surface area contributed by atoms with Crippen molar-refractivity contribution in [2.24, 2.45) is 0 Å². The molecule has 5 heteroatoms. The first-order chi connectivity index (χ1) is 21.2. The Morgan fingerprint density at radius 1 is 0.279 bits per heavy atom. The Morgan fingerprint density at radius 2 is 0.512 bits per heavy atom. The lowest BCUT2D eigenvalue weighted by Crippen LogP contribution is -1.82. The van der Waals surface area contributed by atoms with Gasteiger partial charge in [0.2, 0.25) is 0 Å². The summed E-state index contributed by atoms with van der Waals surface area (Å²) in [5.41, 5.74) is 7.27. The number of ether oxygens (including phenoxy) is 2. The quantitative estimate of drug-likeness (QED) is 0.170. The average Bonchev–Trinajstić information content (AvgIpc) is 3.86. The molecule has 0 saturated heterocycles. The van der Waals surface area contributed by atoms with E-state index in [9.17, 15) is 0 Å². The molecular formula is C38H28O2S3. The van der Waals surface area contributed by atoms with Gasteiger partial charge in [-0.15, -0.1) is 34.0 Å². The third-order valence-electron chi connectivity index (χ3n) is 7.49. The molecule has 0 spiro atoms. The standard InChI is InChI=1S/C38H28O2S3/c1-39-31-15-11-27(12-16-31)25-3-7-29(8-4-25)33-19-21-35(41-33)37-23-24-38(43-37)36-22-20-34(42-36)30-9-5-26(6-10-30)28-13-17-32(40-2)18-14-28/h3-24H,1-2H3. The first-order valence-corrected chi connectivity index (χ1v) is 16.4. The summed E-state index contributed by atoms with van der Waals surface area (Å²) in [6, 6.07) is 47.5. The molecule has 0 atom stereocenters. The lowest BCUT2D eigenvalue weighted by atomic mass is 10.0. The van der Waals surface area contributed by atoms with Crippen LogP contribution < -0.4 is 9.47 Å². The van der Waals surface area contributed by atoms with Gasteiger partial charge in [-0.3, -0.25) is 0 Å². The van der Waals surface area contributed by atoms with E-state index in [1.807, 2.05) is 58.3 Å². The molecule has 0 bridgehead atoms. The number of benzene rings is 4. The van der Waals surface area contributed by atoms with Gasteiger partial charge < -0.3 is 9.47 Å².